The highest BCUT2D eigenvalue weighted by Gasteiger charge is 2.26. The van der Waals surface area contributed by atoms with Gasteiger partial charge in [-0.15, -0.1) is 11.3 Å². The number of aliphatic hydroxyl groups is 1. The first kappa shape index (κ1) is 22.8. The van der Waals surface area contributed by atoms with Crippen LogP contribution in [-0.2, 0) is 4.79 Å². The lowest BCUT2D eigenvalue weighted by Gasteiger charge is -2.04. The number of benzene rings is 2. The van der Waals surface area contributed by atoms with E-state index in [1.165, 1.54) is 0 Å². The Hall–Kier alpha value is -4.01. The van der Waals surface area contributed by atoms with E-state index in [-0.39, 0.29) is 25.0 Å². The van der Waals surface area contributed by atoms with Crippen molar-refractivity contribution >= 4 is 40.5 Å². The fraction of sp³-hybridized carbons (Fsp3) is 0.148. The van der Waals surface area contributed by atoms with Crippen molar-refractivity contribution in [3.05, 3.63) is 82.0 Å². The lowest BCUT2D eigenvalue weighted by molar-refractivity contribution is -0.110. The normalized spacial score (nSPS) is 13.7. The Labute approximate surface area is 206 Å². The summed E-state index contributed by atoms with van der Waals surface area (Å²) in [5.41, 5.74) is 7.56. The summed E-state index contributed by atoms with van der Waals surface area (Å²) in [4.78, 5) is 33.4. The smallest absolute Gasteiger partial charge is 0.256 e. The van der Waals surface area contributed by atoms with Gasteiger partial charge < -0.3 is 20.7 Å². The molecule has 0 aliphatic carbocycles. The van der Waals surface area contributed by atoms with Crippen molar-refractivity contribution in [2.75, 3.05) is 18.5 Å². The molecule has 0 fully saturated rings. The zero-order valence-corrected chi connectivity index (χ0v) is 20.1. The predicted molar refractivity (Wildman–Crippen MR) is 139 cm³/mol. The van der Waals surface area contributed by atoms with E-state index < -0.39 is 0 Å². The van der Waals surface area contributed by atoms with Gasteiger partial charge in [-0.05, 0) is 37.6 Å². The van der Waals surface area contributed by atoms with E-state index in [0.29, 0.717) is 22.5 Å². The van der Waals surface area contributed by atoms with E-state index in [4.69, 9.17) is 10.1 Å². The van der Waals surface area contributed by atoms with Crippen LogP contribution in [0.25, 0.3) is 33.5 Å². The van der Waals surface area contributed by atoms with Crippen molar-refractivity contribution < 1.29 is 14.7 Å². The minimum Gasteiger partial charge on any atom is -0.395 e. The number of carbonyl (C=O) groups excluding carboxylic acids is 2. The van der Waals surface area contributed by atoms with Gasteiger partial charge in [-0.2, -0.15) is 0 Å². The highest BCUT2D eigenvalue weighted by Crippen LogP contribution is 2.38. The van der Waals surface area contributed by atoms with E-state index in [2.05, 4.69) is 15.6 Å². The summed E-state index contributed by atoms with van der Waals surface area (Å²) in [6.07, 6.45) is 1.78. The third-order valence-electron chi connectivity index (χ3n) is 6.01. The number of H-pyrrole nitrogens is 1. The van der Waals surface area contributed by atoms with Crippen LogP contribution in [0.2, 0.25) is 0 Å². The van der Waals surface area contributed by atoms with Gasteiger partial charge in [0, 0.05) is 45.7 Å². The zero-order valence-electron chi connectivity index (χ0n) is 19.3. The lowest BCUT2D eigenvalue weighted by atomic mass is 10.0. The van der Waals surface area contributed by atoms with Crippen molar-refractivity contribution in [2.45, 2.75) is 13.8 Å². The molecular formula is C27H24N4O3S. The molecule has 0 saturated heterocycles. The van der Waals surface area contributed by atoms with Gasteiger partial charge in [0.1, 0.15) is 5.01 Å². The van der Waals surface area contributed by atoms with Crippen LogP contribution >= 0.6 is 11.3 Å². The van der Waals surface area contributed by atoms with E-state index >= 15 is 0 Å². The summed E-state index contributed by atoms with van der Waals surface area (Å²) in [6, 6.07) is 15.9. The summed E-state index contributed by atoms with van der Waals surface area (Å²) in [6.45, 7) is 3.71. The zero-order chi connectivity index (χ0) is 24.5. The molecule has 4 N–H and O–H groups in total. The van der Waals surface area contributed by atoms with Crippen LogP contribution < -0.4 is 10.6 Å². The lowest BCUT2D eigenvalue weighted by Crippen LogP contribution is -2.27. The molecule has 3 heterocycles. The van der Waals surface area contributed by atoms with Crippen molar-refractivity contribution in [1.82, 2.24) is 15.3 Å². The Balaban J connectivity index is 1.50. The van der Waals surface area contributed by atoms with Crippen LogP contribution in [-0.4, -0.2) is 40.0 Å². The first-order valence-electron chi connectivity index (χ1n) is 11.2. The third kappa shape index (κ3) is 4.29. The monoisotopic (exact) mass is 484 g/mol. The molecule has 0 unspecified atom stereocenters. The second kappa shape index (κ2) is 9.32. The number of amides is 2. The SMILES string of the molecule is Cc1[nH]c(C=C2C(=O)Nc3ccc(-c4csc(-c5ccccc5)n4)cc32)c(C)c1C(=O)NCCO. The van der Waals surface area contributed by atoms with Crippen LogP contribution in [0.1, 0.15) is 32.9 Å². The van der Waals surface area contributed by atoms with Gasteiger partial charge in [-0.1, -0.05) is 36.4 Å². The number of nitrogens with zero attached hydrogens (tertiary/aromatic N) is 1. The Bertz CT molecular complexity index is 1470. The Morgan fingerprint density at radius 3 is 2.71 bits per heavy atom. The predicted octanol–water partition coefficient (Wildman–Crippen LogP) is 4.64. The van der Waals surface area contributed by atoms with Crippen LogP contribution in [0.3, 0.4) is 0 Å². The number of hydrogen-bond acceptors (Lipinski definition) is 5. The van der Waals surface area contributed by atoms with Gasteiger partial charge in [-0.3, -0.25) is 9.59 Å². The van der Waals surface area contributed by atoms with Gasteiger partial charge in [-0.25, -0.2) is 4.98 Å². The second-order valence-electron chi connectivity index (χ2n) is 8.32. The minimum atomic E-state index is -0.258. The number of hydrogen-bond donors (Lipinski definition) is 4. The summed E-state index contributed by atoms with van der Waals surface area (Å²) in [5.74, 6) is -0.454. The van der Waals surface area contributed by atoms with Crippen LogP contribution in [0.15, 0.2) is 53.9 Å². The maximum Gasteiger partial charge on any atom is 0.256 e. The average Bonchev–Trinajstić information content (AvgIpc) is 3.54. The van der Waals surface area contributed by atoms with E-state index in [9.17, 15) is 9.59 Å². The standard InChI is InChI=1S/C27H24N4O3S/c1-15-22(29-16(2)24(15)26(34)28-10-11-32)13-20-19-12-18(8-9-21(19)30-25(20)33)23-14-35-27(31-23)17-6-4-3-5-7-17/h3-9,12-14,29,32H,10-11H2,1-2H3,(H,28,34)(H,30,33). The number of thiazole rings is 1. The number of rotatable bonds is 6. The van der Waals surface area contributed by atoms with E-state index in [1.54, 1.807) is 17.4 Å². The quantitative estimate of drug-likeness (QED) is 0.299. The molecule has 1 aliphatic rings. The molecule has 2 aromatic heterocycles. The fourth-order valence-electron chi connectivity index (χ4n) is 4.27. The molecule has 2 aromatic carbocycles. The number of carbonyl (C=O) groups is 2. The molecule has 176 valence electrons. The Morgan fingerprint density at radius 1 is 1.14 bits per heavy atom. The molecule has 0 radical (unpaired) electrons. The number of aryl methyl sites for hydroxylation is 1. The van der Waals surface area contributed by atoms with Crippen molar-refractivity contribution in [1.29, 1.82) is 0 Å². The molecule has 0 spiro atoms. The average molecular weight is 485 g/mol. The van der Waals surface area contributed by atoms with E-state index in [1.807, 2.05) is 67.8 Å². The van der Waals surface area contributed by atoms with Crippen LogP contribution in [0, 0.1) is 13.8 Å². The largest absolute Gasteiger partial charge is 0.395 e. The molecule has 0 saturated carbocycles. The summed E-state index contributed by atoms with van der Waals surface area (Å²) in [7, 11) is 0. The Morgan fingerprint density at radius 2 is 1.94 bits per heavy atom. The van der Waals surface area contributed by atoms with Crippen molar-refractivity contribution in [3.63, 3.8) is 0 Å². The summed E-state index contributed by atoms with van der Waals surface area (Å²) in [5, 5.41) is 17.6. The molecule has 4 aromatic rings. The fourth-order valence-corrected chi connectivity index (χ4v) is 5.11. The first-order valence-corrected chi connectivity index (χ1v) is 12.1. The van der Waals surface area contributed by atoms with Crippen LogP contribution in [0.4, 0.5) is 5.69 Å². The number of aromatic nitrogens is 2. The molecule has 2 amide bonds. The molecule has 0 bridgehead atoms. The first-order chi connectivity index (χ1) is 17.0. The maximum atomic E-state index is 12.8. The van der Waals surface area contributed by atoms with Gasteiger partial charge in [0.05, 0.1) is 23.4 Å². The molecule has 0 atom stereocenters. The molecule has 7 nitrogen and oxygen atoms in total. The number of aliphatic hydroxyl groups excluding tert-OH is 1. The van der Waals surface area contributed by atoms with Crippen LogP contribution in [0.5, 0.6) is 0 Å². The van der Waals surface area contributed by atoms with Gasteiger partial charge in [0.2, 0.25) is 0 Å². The van der Waals surface area contributed by atoms with Gasteiger partial charge in [0.15, 0.2) is 0 Å². The molecule has 5 rings (SSSR count). The second-order valence-corrected chi connectivity index (χ2v) is 9.18. The highest BCUT2D eigenvalue weighted by atomic mass is 32.1. The molecular weight excluding hydrogens is 460 g/mol. The third-order valence-corrected chi connectivity index (χ3v) is 6.90. The highest BCUT2D eigenvalue weighted by molar-refractivity contribution is 7.13. The van der Waals surface area contributed by atoms with Crippen molar-refractivity contribution in [3.8, 4) is 21.8 Å². The number of aromatic amines is 1. The van der Waals surface area contributed by atoms with E-state index in [0.717, 1.165) is 38.6 Å². The topological polar surface area (TPSA) is 107 Å². The number of fused-ring (bicyclic) bond motifs is 1. The number of nitrogens with one attached hydrogen (secondary N) is 3. The summed E-state index contributed by atoms with van der Waals surface area (Å²) >= 11 is 1.58. The Kier molecular flexibility index (Phi) is 6.07. The van der Waals surface area contributed by atoms with Gasteiger partial charge >= 0.3 is 0 Å². The molecule has 35 heavy (non-hydrogen) atoms. The van der Waals surface area contributed by atoms with Crippen molar-refractivity contribution in [2.24, 2.45) is 0 Å². The molecule has 1 aliphatic heterocycles. The summed E-state index contributed by atoms with van der Waals surface area (Å²) < 4.78 is 0. The number of anilines is 1. The van der Waals surface area contributed by atoms with Gasteiger partial charge in [0.25, 0.3) is 11.8 Å². The minimum absolute atomic E-state index is 0.129. The molecule has 8 heteroatoms. The maximum absolute atomic E-state index is 12.8.